The summed E-state index contributed by atoms with van der Waals surface area (Å²) in [4.78, 5) is 2.83. The number of thioether (sulfide) groups is 1. The van der Waals surface area contributed by atoms with Gasteiger partial charge in [-0.15, -0.1) is 0 Å². The molecule has 4 atom stereocenters. The zero-order valence-corrected chi connectivity index (χ0v) is 12.4. The van der Waals surface area contributed by atoms with E-state index in [1.54, 1.807) is 0 Å². The highest BCUT2D eigenvalue weighted by molar-refractivity contribution is 7.99. The molecule has 0 aromatic rings. The van der Waals surface area contributed by atoms with Gasteiger partial charge in [0.2, 0.25) is 0 Å². The van der Waals surface area contributed by atoms with Gasteiger partial charge in [0.25, 0.3) is 0 Å². The topological polar surface area (TPSA) is 15.3 Å². The highest BCUT2D eigenvalue weighted by atomic mass is 32.2. The summed E-state index contributed by atoms with van der Waals surface area (Å²) < 4.78 is 0. The zero-order valence-electron chi connectivity index (χ0n) is 11.6. The van der Waals surface area contributed by atoms with E-state index in [-0.39, 0.29) is 0 Å². The maximum atomic E-state index is 3.70. The van der Waals surface area contributed by atoms with Crippen LogP contribution in [0.4, 0.5) is 0 Å². The molecule has 4 unspecified atom stereocenters. The molecule has 1 saturated heterocycles. The van der Waals surface area contributed by atoms with Gasteiger partial charge < -0.3 is 5.32 Å². The van der Waals surface area contributed by atoms with Gasteiger partial charge in [0.15, 0.2) is 0 Å². The molecule has 3 heteroatoms. The number of nitrogens with one attached hydrogen (secondary N) is 1. The van der Waals surface area contributed by atoms with E-state index >= 15 is 0 Å². The first-order valence-corrected chi connectivity index (χ1v) is 8.59. The molecule has 1 heterocycles. The minimum atomic E-state index is 0.728. The predicted octanol–water partition coefficient (Wildman–Crippen LogP) is 2.73. The molecule has 100 valence electrons. The molecule has 0 radical (unpaired) electrons. The van der Waals surface area contributed by atoms with E-state index in [2.05, 4.69) is 42.1 Å². The number of hydrogen-bond donors (Lipinski definition) is 1. The Labute approximate surface area is 111 Å². The van der Waals surface area contributed by atoms with Gasteiger partial charge in [0.1, 0.15) is 0 Å². The largest absolute Gasteiger partial charge is 0.311 e. The van der Waals surface area contributed by atoms with Crippen molar-refractivity contribution in [1.82, 2.24) is 10.2 Å². The average Bonchev–Trinajstić information content (AvgIpc) is 2.86. The van der Waals surface area contributed by atoms with E-state index in [1.807, 2.05) is 0 Å². The summed E-state index contributed by atoms with van der Waals surface area (Å²) >= 11 is 2.07. The van der Waals surface area contributed by atoms with E-state index in [1.165, 1.54) is 45.2 Å². The highest BCUT2D eigenvalue weighted by Crippen LogP contribution is 2.33. The van der Waals surface area contributed by atoms with E-state index in [0.717, 1.165) is 23.4 Å². The normalized spacial score (nSPS) is 39.7. The molecule has 2 rings (SSSR count). The Morgan fingerprint density at radius 2 is 2.06 bits per heavy atom. The molecule has 1 aliphatic carbocycles. The Kier molecular flexibility index (Phi) is 5.19. The Bertz CT molecular complexity index is 234. The van der Waals surface area contributed by atoms with Crippen molar-refractivity contribution >= 4 is 11.8 Å². The minimum Gasteiger partial charge on any atom is -0.311 e. The van der Waals surface area contributed by atoms with E-state index in [9.17, 15) is 0 Å². The Hall–Kier alpha value is 0.270. The Morgan fingerprint density at radius 1 is 1.24 bits per heavy atom. The van der Waals surface area contributed by atoms with Crippen LogP contribution in [0, 0.1) is 0 Å². The van der Waals surface area contributed by atoms with Gasteiger partial charge in [0, 0.05) is 36.5 Å². The number of hydrogen-bond acceptors (Lipinski definition) is 3. The smallest absolute Gasteiger partial charge is 0.0221 e. The van der Waals surface area contributed by atoms with Gasteiger partial charge in [-0.3, -0.25) is 4.90 Å². The third-order valence-electron chi connectivity index (χ3n) is 4.67. The molecule has 2 aliphatic rings. The van der Waals surface area contributed by atoms with Crippen LogP contribution in [0.1, 0.15) is 46.0 Å². The number of rotatable bonds is 4. The van der Waals surface area contributed by atoms with Crippen molar-refractivity contribution in [1.29, 1.82) is 0 Å². The Balaban J connectivity index is 1.95. The van der Waals surface area contributed by atoms with Gasteiger partial charge in [-0.25, -0.2) is 0 Å². The van der Waals surface area contributed by atoms with Crippen molar-refractivity contribution in [3.8, 4) is 0 Å². The quantitative estimate of drug-likeness (QED) is 0.832. The summed E-state index contributed by atoms with van der Waals surface area (Å²) in [6.07, 6.45) is 9.13. The van der Waals surface area contributed by atoms with Crippen molar-refractivity contribution in [2.45, 2.75) is 69.3 Å². The second-order valence-corrected chi connectivity index (χ2v) is 6.73. The van der Waals surface area contributed by atoms with Crippen molar-refractivity contribution < 1.29 is 0 Å². The lowest BCUT2D eigenvalue weighted by Crippen LogP contribution is -2.58. The lowest BCUT2D eigenvalue weighted by atomic mass is 10.0. The summed E-state index contributed by atoms with van der Waals surface area (Å²) in [7, 11) is 0. The van der Waals surface area contributed by atoms with Crippen LogP contribution in [0.15, 0.2) is 0 Å². The van der Waals surface area contributed by atoms with Crippen molar-refractivity contribution in [3.05, 3.63) is 0 Å². The summed E-state index contributed by atoms with van der Waals surface area (Å²) in [6, 6.07) is 2.38. The lowest BCUT2D eigenvalue weighted by molar-refractivity contribution is 0.0802. The van der Waals surface area contributed by atoms with E-state index < -0.39 is 0 Å². The van der Waals surface area contributed by atoms with Crippen LogP contribution >= 0.6 is 11.8 Å². The molecule has 1 N–H and O–H groups in total. The van der Waals surface area contributed by atoms with Crippen LogP contribution in [0.5, 0.6) is 0 Å². The van der Waals surface area contributed by atoms with Gasteiger partial charge in [-0.1, -0.05) is 13.8 Å². The van der Waals surface area contributed by atoms with Crippen LogP contribution in [-0.4, -0.2) is 47.6 Å². The first kappa shape index (κ1) is 13.7. The average molecular weight is 256 g/mol. The van der Waals surface area contributed by atoms with Crippen molar-refractivity contribution in [2.75, 3.05) is 19.3 Å². The fourth-order valence-corrected chi connectivity index (χ4v) is 4.21. The maximum Gasteiger partial charge on any atom is 0.0221 e. The minimum absolute atomic E-state index is 0.728. The fourth-order valence-electron chi connectivity index (χ4n) is 3.42. The van der Waals surface area contributed by atoms with Gasteiger partial charge >= 0.3 is 0 Å². The molecule has 0 bridgehead atoms. The van der Waals surface area contributed by atoms with Gasteiger partial charge in [-0.2, -0.15) is 11.8 Å². The monoisotopic (exact) mass is 256 g/mol. The number of nitrogens with zero attached hydrogens (tertiary/aromatic N) is 1. The molecular weight excluding hydrogens is 228 g/mol. The third kappa shape index (κ3) is 3.18. The van der Waals surface area contributed by atoms with Crippen LogP contribution in [0.2, 0.25) is 0 Å². The molecule has 1 saturated carbocycles. The predicted molar refractivity (Wildman–Crippen MR) is 77.8 cm³/mol. The standard InChI is InChI=1S/C14H28N2S/c1-4-11-10-16(12(5-2)9-15-11)13-6-7-14(8-13)17-3/h11-15H,4-10H2,1-3H3. The maximum absolute atomic E-state index is 3.70. The summed E-state index contributed by atoms with van der Waals surface area (Å²) in [5, 5.41) is 4.63. The first-order valence-electron chi connectivity index (χ1n) is 7.30. The molecular formula is C14H28N2S. The van der Waals surface area contributed by atoms with E-state index in [0.29, 0.717) is 0 Å². The molecule has 2 nitrogen and oxygen atoms in total. The fraction of sp³-hybridized carbons (Fsp3) is 1.00. The number of piperazine rings is 1. The molecule has 0 amide bonds. The second-order valence-electron chi connectivity index (χ2n) is 5.60. The molecule has 2 fully saturated rings. The van der Waals surface area contributed by atoms with Crippen LogP contribution in [0.3, 0.4) is 0 Å². The van der Waals surface area contributed by atoms with E-state index in [4.69, 9.17) is 0 Å². The van der Waals surface area contributed by atoms with Gasteiger partial charge in [-0.05, 0) is 38.4 Å². The molecule has 0 spiro atoms. The van der Waals surface area contributed by atoms with Crippen molar-refractivity contribution in [3.63, 3.8) is 0 Å². The lowest BCUT2D eigenvalue weighted by Gasteiger charge is -2.43. The zero-order chi connectivity index (χ0) is 12.3. The molecule has 0 aromatic heterocycles. The summed E-state index contributed by atoms with van der Waals surface area (Å²) in [5.74, 6) is 0. The molecule has 0 aromatic carbocycles. The SMILES string of the molecule is CCC1CN(C2CCC(SC)C2)C(CC)CN1. The summed E-state index contributed by atoms with van der Waals surface area (Å²) in [5.41, 5.74) is 0. The highest BCUT2D eigenvalue weighted by Gasteiger charge is 2.35. The van der Waals surface area contributed by atoms with Crippen molar-refractivity contribution in [2.24, 2.45) is 0 Å². The van der Waals surface area contributed by atoms with Gasteiger partial charge in [0.05, 0.1) is 0 Å². The molecule has 17 heavy (non-hydrogen) atoms. The van der Waals surface area contributed by atoms with Crippen LogP contribution < -0.4 is 5.32 Å². The van der Waals surface area contributed by atoms with Crippen LogP contribution in [-0.2, 0) is 0 Å². The van der Waals surface area contributed by atoms with Crippen LogP contribution in [0.25, 0.3) is 0 Å². The molecule has 1 aliphatic heterocycles. The third-order valence-corrected chi connectivity index (χ3v) is 5.76. The Morgan fingerprint density at radius 3 is 2.65 bits per heavy atom. The summed E-state index contributed by atoms with van der Waals surface area (Å²) in [6.45, 7) is 7.13. The second kappa shape index (κ2) is 6.44. The first-order chi connectivity index (χ1) is 8.28.